The van der Waals surface area contributed by atoms with Crippen LogP contribution in [0.25, 0.3) is 0 Å². The van der Waals surface area contributed by atoms with Gasteiger partial charge >= 0.3 is 5.97 Å². The zero-order valence-electron chi connectivity index (χ0n) is 10.5. The van der Waals surface area contributed by atoms with Gasteiger partial charge in [0.1, 0.15) is 11.6 Å². The molecule has 0 aromatic heterocycles. The van der Waals surface area contributed by atoms with E-state index in [1.54, 1.807) is 13.8 Å². The number of ether oxygens (including phenoxy) is 1. The quantitative estimate of drug-likeness (QED) is 0.876. The Balaban J connectivity index is 3.34. The van der Waals surface area contributed by atoms with Crippen molar-refractivity contribution in [3.05, 3.63) is 29.1 Å². The van der Waals surface area contributed by atoms with E-state index in [2.05, 4.69) is 0 Å². The topological polar surface area (TPSA) is 46.5 Å². The van der Waals surface area contributed by atoms with Gasteiger partial charge in [0, 0.05) is 5.56 Å². The van der Waals surface area contributed by atoms with Crippen LogP contribution in [0.1, 0.15) is 49.5 Å². The van der Waals surface area contributed by atoms with Crippen molar-refractivity contribution in [3.8, 4) is 5.75 Å². The molecule has 0 amide bonds. The molecule has 0 heterocycles. The van der Waals surface area contributed by atoms with Crippen molar-refractivity contribution in [2.45, 2.75) is 39.7 Å². The molecule has 0 radical (unpaired) electrons. The van der Waals surface area contributed by atoms with Crippen molar-refractivity contribution >= 4 is 5.97 Å². The first kappa shape index (κ1) is 13.5. The Bertz CT molecular complexity index is 425. The third-order valence-corrected chi connectivity index (χ3v) is 2.31. The third kappa shape index (κ3) is 2.96. The molecular formula is C13H17FO3. The fourth-order valence-electron chi connectivity index (χ4n) is 1.64. The molecule has 0 atom stereocenters. The molecule has 0 aliphatic rings. The zero-order valence-corrected chi connectivity index (χ0v) is 10.5. The van der Waals surface area contributed by atoms with E-state index in [1.807, 2.05) is 13.8 Å². The summed E-state index contributed by atoms with van der Waals surface area (Å²) >= 11 is 0. The number of carboxylic acid groups (broad SMARTS) is 1. The van der Waals surface area contributed by atoms with Crippen molar-refractivity contribution < 1.29 is 19.0 Å². The van der Waals surface area contributed by atoms with Crippen molar-refractivity contribution in [1.82, 2.24) is 0 Å². The number of carbonyl (C=O) groups is 1. The fourth-order valence-corrected chi connectivity index (χ4v) is 1.64. The Morgan fingerprint density at radius 2 is 1.88 bits per heavy atom. The number of benzene rings is 1. The lowest BCUT2D eigenvalue weighted by atomic mass is 9.98. The van der Waals surface area contributed by atoms with E-state index in [0.29, 0.717) is 11.3 Å². The van der Waals surface area contributed by atoms with Crippen LogP contribution in [0.4, 0.5) is 4.39 Å². The van der Waals surface area contributed by atoms with Crippen LogP contribution in [0.2, 0.25) is 0 Å². The average molecular weight is 240 g/mol. The van der Waals surface area contributed by atoms with Crippen LogP contribution < -0.4 is 4.74 Å². The summed E-state index contributed by atoms with van der Waals surface area (Å²) in [6.07, 6.45) is -0.0809. The molecule has 1 aromatic carbocycles. The van der Waals surface area contributed by atoms with Gasteiger partial charge in [0.05, 0.1) is 11.7 Å². The number of aromatic carboxylic acids is 1. The maximum Gasteiger partial charge on any atom is 0.338 e. The Kier molecular flexibility index (Phi) is 4.10. The second kappa shape index (κ2) is 5.17. The largest absolute Gasteiger partial charge is 0.491 e. The molecule has 1 rings (SSSR count). The first-order valence-corrected chi connectivity index (χ1v) is 5.57. The SMILES string of the molecule is CC(C)Oc1ccc(C(=O)O)c(F)c1C(C)C. The first-order chi connectivity index (χ1) is 7.84. The summed E-state index contributed by atoms with van der Waals surface area (Å²) in [5, 5.41) is 8.86. The van der Waals surface area contributed by atoms with Gasteiger partial charge in [-0.2, -0.15) is 0 Å². The van der Waals surface area contributed by atoms with Crippen molar-refractivity contribution in [3.63, 3.8) is 0 Å². The molecule has 0 aliphatic carbocycles. The van der Waals surface area contributed by atoms with Gasteiger partial charge in [0.15, 0.2) is 0 Å². The molecule has 17 heavy (non-hydrogen) atoms. The minimum absolute atomic E-state index is 0.0809. The lowest BCUT2D eigenvalue weighted by Crippen LogP contribution is -2.12. The Hall–Kier alpha value is -1.58. The lowest BCUT2D eigenvalue weighted by Gasteiger charge is -2.18. The predicted octanol–water partition coefficient (Wildman–Crippen LogP) is 3.43. The van der Waals surface area contributed by atoms with Gasteiger partial charge in [0.2, 0.25) is 0 Å². The molecular weight excluding hydrogens is 223 g/mol. The highest BCUT2D eigenvalue weighted by atomic mass is 19.1. The van der Waals surface area contributed by atoms with Crippen LogP contribution in [-0.4, -0.2) is 17.2 Å². The van der Waals surface area contributed by atoms with Crippen molar-refractivity contribution in [2.75, 3.05) is 0 Å². The molecule has 1 N–H and O–H groups in total. The number of halogens is 1. The summed E-state index contributed by atoms with van der Waals surface area (Å²) in [6, 6.07) is 2.75. The molecule has 4 heteroatoms. The minimum Gasteiger partial charge on any atom is -0.491 e. The average Bonchev–Trinajstić information content (AvgIpc) is 2.15. The zero-order chi connectivity index (χ0) is 13.2. The Labute approximate surface area is 100 Å². The third-order valence-electron chi connectivity index (χ3n) is 2.31. The summed E-state index contributed by atoms with van der Waals surface area (Å²) in [4.78, 5) is 10.8. The number of carboxylic acids is 1. The van der Waals surface area contributed by atoms with Crippen LogP contribution in [0.5, 0.6) is 5.75 Å². The van der Waals surface area contributed by atoms with Gasteiger partial charge in [-0.05, 0) is 31.9 Å². The summed E-state index contributed by atoms with van der Waals surface area (Å²) in [6.45, 7) is 7.29. The second-order valence-corrected chi connectivity index (χ2v) is 4.47. The van der Waals surface area contributed by atoms with Gasteiger partial charge in [-0.3, -0.25) is 0 Å². The summed E-state index contributed by atoms with van der Waals surface area (Å²) in [5.41, 5.74) is 0.00315. The summed E-state index contributed by atoms with van der Waals surface area (Å²) in [5.74, 6) is -1.69. The van der Waals surface area contributed by atoms with E-state index in [1.165, 1.54) is 12.1 Å². The van der Waals surface area contributed by atoms with E-state index >= 15 is 0 Å². The van der Waals surface area contributed by atoms with Crippen LogP contribution in [0, 0.1) is 5.82 Å². The molecule has 0 fully saturated rings. The maximum atomic E-state index is 14.0. The summed E-state index contributed by atoms with van der Waals surface area (Å²) < 4.78 is 19.5. The Morgan fingerprint density at radius 3 is 2.29 bits per heavy atom. The van der Waals surface area contributed by atoms with Crippen LogP contribution >= 0.6 is 0 Å². The smallest absolute Gasteiger partial charge is 0.338 e. The van der Waals surface area contributed by atoms with E-state index < -0.39 is 11.8 Å². The molecule has 94 valence electrons. The van der Waals surface area contributed by atoms with Gasteiger partial charge in [-0.25, -0.2) is 9.18 Å². The van der Waals surface area contributed by atoms with Gasteiger partial charge in [-0.1, -0.05) is 13.8 Å². The van der Waals surface area contributed by atoms with Crippen molar-refractivity contribution in [2.24, 2.45) is 0 Å². The minimum atomic E-state index is -1.26. The highest BCUT2D eigenvalue weighted by molar-refractivity contribution is 5.88. The van der Waals surface area contributed by atoms with Crippen molar-refractivity contribution in [1.29, 1.82) is 0 Å². The fraction of sp³-hybridized carbons (Fsp3) is 0.462. The van der Waals surface area contributed by atoms with Crippen LogP contribution in [0.15, 0.2) is 12.1 Å². The monoisotopic (exact) mass is 240 g/mol. The molecule has 0 unspecified atom stereocenters. The van der Waals surface area contributed by atoms with E-state index in [4.69, 9.17) is 9.84 Å². The van der Waals surface area contributed by atoms with Crippen LogP contribution in [0.3, 0.4) is 0 Å². The van der Waals surface area contributed by atoms with Gasteiger partial charge < -0.3 is 9.84 Å². The molecule has 0 bridgehead atoms. The molecule has 0 spiro atoms. The number of rotatable bonds is 4. The second-order valence-electron chi connectivity index (χ2n) is 4.47. The predicted molar refractivity (Wildman–Crippen MR) is 63.2 cm³/mol. The standard InChI is InChI=1S/C13H17FO3/c1-7(2)11-10(17-8(3)4)6-5-9(12(11)14)13(15)16/h5-8H,1-4H3,(H,15,16). The van der Waals surface area contributed by atoms with Crippen LogP contribution in [-0.2, 0) is 0 Å². The molecule has 0 aliphatic heterocycles. The van der Waals surface area contributed by atoms with E-state index in [-0.39, 0.29) is 17.6 Å². The van der Waals surface area contributed by atoms with E-state index in [0.717, 1.165) is 0 Å². The number of hydrogen-bond donors (Lipinski definition) is 1. The molecule has 0 saturated heterocycles. The summed E-state index contributed by atoms with van der Waals surface area (Å²) in [7, 11) is 0. The molecule has 3 nitrogen and oxygen atoms in total. The highest BCUT2D eigenvalue weighted by Crippen LogP contribution is 2.31. The Morgan fingerprint density at radius 1 is 1.29 bits per heavy atom. The number of hydrogen-bond acceptors (Lipinski definition) is 2. The molecule has 0 saturated carbocycles. The first-order valence-electron chi connectivity index (χ1n) is 5.57. The van der Waals surface area contributed by atoms with Gasteiger partial charge in [0.25, 0.3) is 0 Å². The lowest BCUT2D eigenvalue weighted by molar-refractivity contribution is 0.0691. The maximum absolute atomic E-state index is 14.0. The molecule has 1 aromatic rings. The van der Waals surface area contributed by atoms with E-state index in [9.17, 15) is 9.18 Å². The normalized spacial score (nSPS) is 11.0. The highest BCUT2D eigenvalue weighted by Gasteiger charge is 2.21. The van der Waals surface area contributed by atoms with Gasteiger partial charge in [-0.15, -0.1) is 0 Å².